The summed E-state index contributed by atoms with van der Waals surface area (Å²) in [6.07, 6.45) is 0.802. The monoisotopic (exact) mass is 461 g/mol. The lowest BCUT2D eigenvalue weighted by Crippen LogP contribution is -2.26. The largest absolute Gasteiger partial charge is 0.505 e. The molecule has 176 valence electrons. The number of nitrogens with zero attached hydrogens (tertiary/aromatic N) is 2. The van der Waals surface area contributed by atoms with Gasteiger partial charge in [-0.25, -0.2) is 0 Å². The molecule has 32 heavy (non-hydrogen) atoms. The summed E-state index contributed by atoms with van der Waals surface area (Å²) in [7, 11) is -3.59. The third-order valence-electron chi connectivity index (χ3n) is 5.49. The molecular weight excluding hydrogens is 425 g/mol. The van der Waals surface area contributed by atoms with Crippen molar-refractivity contribution in [2.75, 3.05) is 11.9 Å². The summed E-state index contributed by atoms with van der Waals surface area (Å²) in [6.45, 7) is 16.8. The quantitative estimate of drug-likeness (QED) is 0.499. The number of nitrogens with one attached hydrogen (secondary N) is 1. The zero-order valence-corrected chi connectivity index (χ0v) is 21.3. The third-order valence-corrected chi connectivity index (χ3v) is 7.54. The maximum Gasteiger partial charge on any atom is 0.348 e. The van der Waals surface area contributed by atoms with Gasteiger partial charge >= 0.3 is 7.52 Å². The molecule has 0 radical (unpaired) electrons. The van der Waals surface area contributed by atoms with Crippen LogP contribution in [0.5, 0.6) is 11.6 Å². The van der Waals surface area contributed by atoms with Crippen LogP contribution in [0, 0.1) is 12.3 Å². The van der Waals surface area contributed by atoms with Crippen LogP contribution in [-0.2, 0) is 21.0 Å². The Kier molecular flexibility index (Phi) is 6.31. The number of rotatable bonds is 5. The zero-order valence-electron chi connectivity index (χ0n) is 20.4. The van der Waals surface area contributed by atoms with Gasteiger partial charge in [0.05, 0.1) is 23.3 Å². The number of benzene rings is 1. The van der Waals surface area contributed by atoms with Crippen LogP contribution in [0.1, 0.15) is 71.7 Å². The number of aromatic nitrogens is 1. The van der Waals surface area contributed by atoms with E-state index in [0.29, 0.717) is 23.2 Å². The van der Waals surface area contributed by atoms with Gasteiger partial charge in [0.15, 0.2) is 11.6 Å². The van der Waals surface area contributed by atoms with Gasteiger partial charge in [-0.3, -0.25) is 4.57 Å². The number of anilines is 1. The van der Waals surface area contributed by atoms with Crippen molar-refractivity contribution in [3.63, 3.8) is 0 Å². The van der Waals surface area contributed by atoms with Crippen LogP contribution < -0.4 is 10.6 Å². The van der Waals surface area contributed by atoms with Crippen molar-refractivity contribution in [2.45, 2.75) is 73.8 Å². The predicted molar refractivity (Wildman–Crippen MR) is 131 cm³/mol. The Morgan fingerprint density at radius 3 is 2.38 bits per heavy atom. The second-order valence-electron chi connectivity index (χ2n) is 10.6. The highest BCUT2D eigenvalue weighted by Gasteiger charge is 2.38. The van der Waals surface area contributed by atoms with Gasteiger partial charge < -0.3 is 24.6 Å². The lowest BCUT2D eigenvalue weighted by molar-refractivity contribution is 0.319. The zero-order chi connectivity index (χ0) is 24.1. The van der Waals surface area contributed by atoms with E-state index in [9.17, 15) is 14.8 Å². The van der Waals surface area contributed by atoms with Crippen LogP contribution in [0.4, 0.5) is 5.69 Å². The lowest BCUT2D eigenvalue weighted by Gasteiger charge is -2.25. The molecular formula is C24H36N3O4P. The molecule has 0 saturated carbocycles. The van der Waals surface area contributed by atoms with Crippen LogP contribution in [0.3, 0.4) is 0 Å². The van der Waals surface area contributed by atoms with Crippen molar-refractivity contribution >= 4 is 24.3 Å². The van der Waals surface area contributed by atoms with Gasteiger partial charge in [-0.05, 0) is 37.8 Å². The van der Waals surface area contributed by atoms with Crippen molar-refractivity contribution < 1.29 is 19.3 Å². The molecule has 1 aliphatic heterocycles. The summed E-state index contributed by atoms with van der Waals surface area (Å²) < 4.78 is 25.6. The van der Waals surface area contributed by atoms with E-state index in [1.807, 2.05) is 39.8 Å². The molecule has 8 heteroatoms. The van der Waals surface area contributed by atoms with E-state index in [1.165, 1.54) is 0 Å². The number of hydrogen-bond acceptors (Lipinski definition) is 5. The molecule has 1 unspecified atom stereocenters. The molecule has 3 rings (SSSR count). The fourth-order valence-electron chi connectivity index (χ4n) is 3.94. The van der Waals surface area contributed by atoms with E-state index in [1.54, 1.807) is 17.6 Å². The van der Waals surface area contributed by atoms with Crippen LogP contribution >= 0.6 is 7.52 Å². The Morgan fingerprint density at radius 1 is 1.16 bits per heavy atom. The highest BCUT2D eigenvalue weighted by Crippen LogP contribution is 2.53. The average molecular weight is 462 g/mol. The first-order valence-electron chi connectivity index (χ1n) is 11.1. The van der Waals surface area contributed by atoms with E-state index in [0.717, 1.165) is 12.0 Å². The minimum absolute atomic E-state index is 0.0454. The number of fused-ring (bicyclic) bond motifs is 1. The van der Waals surface area contributed by atoms with Crippen molar-refractivity contribution in [3.8, 4) is 11.6 Å². The average Bonchev–Trinajstić information content (AvgIpc) is 2.90. The summed E-state index contributed by atoms with van der Waals surface area (Å²) in [6, 6.07) is 5.52. The van der Waals surface area contributed by atoms with Crippen LogP contribution in [0.15, 0.2) is 23.0 Å². The SMILES string of the molecule is CCOP1(=O)N=C(c2c(O)c(C(C)(C)C)n(CCC(C)(C)C)c2O)Nc2ccc(C)cc21. The molecule has 1 aromatic carbocycles. The molecule has 0 amide bonds. The third kappa shape index (κ3) is 4.60. The van der Waals surface area contributed by atoms with Gasteiger partial charge in [0.2, 0.25) is 5.88 Å². The Bertz CT molecular complexity index is 1100. The molecule has 2 aromatic rings. The molecule has 0 saturated heterocycles. The second kappa shape index (κ2) is 8.27. The summed E-state index contributed by atoms with van der Waals surface area (Å²) in [5.74, 6) is -0.0107. The Morgan fingerprint density at radius 2 is 1.81 bits per heavy atom. The molecule has 2 heterocycles. The molecule has 1 atom stereocenters. The standard InChI is InChI=1S/C24H36N3O4P/c1-9-31-32(30)17-14-15(2)10-11-16(17)25-21(26-32)18-19(28)20(24(6,7)8)27(22(18)29)13-12-23(3,4)5/h10-11,14,28-29H,9,12-13H2,1-8H3,(H,25,26,30). The van der Waals surface area contributed by atoms with Crippen molar-refractivity contribution in [1.29, 1.82) is 0 Å². The van der Waals surface area contributed by atoms with Gasteiger partial charge in [-0.2, -0.15) is 4.76 Å². The first-order valence-corrected chi connectivity index (χ1v) is 12.6. The van der Waals surface area contributed by atoms with Crippen molar-refractivity contribution in [1.82, 2.24) is 4.57 Å². The van der Waals surface area contributed by atoms with Crippen molar-refractivity contribution in [2.24, 2.45) is 10.2 Å². The second-order valence-corrected chi connectivity index (χ2v) is 12.6. The van der Waals surface area contributed by atoms with Crippen LogP contribution in [-0.4, -0.2) is 27.2 Å². The number of amidine groups is 1. The highest BCUT2D eigenvalue weighted by atomic mass is 31.2. The number of hydrogen-bond donors (Lipinski definition) is 3. The predicted octanol–water partition coefficient (Wildman–Crippen LogP) is 5.67. The number of aromatic hydroxyl groups is 2. The fraction of sp³-hybridized carbons (Fsp3) is 0.542. The summed E-state index contributed by atoms with van der Waals surface area (Å²) >= 11 is 0. The lowest BCUT2D eigenvalue weighted by atomic mass is 9.89. The van der Waals surface area contributed by atoms with Gasteiger partial charge in [-0.1, -0.05) is 53.2 Å². The highest BCUT2D eigenvalue weighted by molar-refractivity contribution is 7.66. The van der Waals surface area contributed by atoms with Crippen LogP contribution in [0.25, 0.3) is 0 Å². The summed E-state index contributed by atoms with van der Waals surface area (Å²) in [4.78, 5) is 0. The first kappa shape index (κ1) is 24.4. The molecule has 1 aliphatic rings. The Balaban J connectivity index is 2.21. The maximum absolute atomic E-state index is 13.7. The molecule has 0 aliphatic carbocycles. The van der Waals surface area contributed by atoms with Gasteiger partial charge in [0.25, 0.3) is 0 Å². The number of aryl methyl sites for hydroxylation is 1. The van der Waals surface area contributed by atoms with E-state index in [2.05, 4.69) is 30.9 Å². The molecule has 0 fully saturated rings. The summed E-state index contributed by atoms with van der Waals surface area (Å²) in [5.41, 5.74) is 1.90. The Hall–Kier alpha value is -2.24. The van der Waals surface area contributed by atoms with E-state index in [4.69, 9.17) is 4.52 Å². The van der Waals surface area contributed by atoms with Crippen molar-refractivity contribution in [3.05, 3.63) is 35.0 Å². The Labute approximate surface area is 191 Å². The molecule has 0 bridgehead atoms. The molecule has 7 nitrogen and oxygen atoms in total. The smallest absolute Gasteiger partial charge is 0.348 e. The van der Waals surface area contributed by atoms with Gasteiger partial charge in [-0.15, -0.1) is 0 Å². The maximum atomic E-state index is 13.7. The van der Waals surface area contributed by atoms with Crippen LogP contribution in [0.2, 0.25) is 0 Å². The molecule has 0 spiro atoms. The fourth-order valence-corrected chi connectivity index (χ4v) is 5.81. The molecule has 3 N–H and O–H groups in total. The summed E-state index contributed by atoms with van der Waals surface area (Å²) in [5, 5.41) is 26.2. The normalized spacial score (nSPS) is 18.8. The first-order chi connectivity index (χ1) is 14.7. The van der Waals surface area contributed by atoms with E-state index in [-0.39, 0.29) is 35.1 Å². The van der Waals surface area contributed by atoms with Gasteiger partial charge in [0, 0.05) is 12.0 Å². The van der Waals surface area contributed by atoms with E-state index >= 15 is 0 Å². The van der Waals surface area contributed by atoms with E-state index < -0.39 is 12.9 Å². The minimum Gasteiger partial charge on any atom is -0.505 e. The molecule has 1 aromatic heterocycles. The topological polar surface area (TPSA) is 96.1 Å². The van der Waals surface area contributed by atoms with Gasteiger partial charge in [0.1, 0.15) is 5.56 Å². The minimum atomic E-state index is -3.59.